The third-order valence-electron chi connectivity index (χ3n) is 4.03. The first-order chi connectivity index (χ1) is 12.8. The summed E-state index contributed by atoms with van der Waals surface area (Å²) < 4.78 is 7.44. The van der Waals surface area contributed by atoms with Crippen LogP contribution in [0.2, 0.25) is 0 Å². The number of nitrogens with zero attached hydrogens (tertiary/aromatic N) is 3. The largest absolute Gasteiger partial charge is 0.495 e. The van der Waals surface area contributed by atoms with Gasteiger partial charge in [-0.2, -0.15) is 0 Å². The maximum atomic E-state index is 12.3. The summed E-state index contributed by atoms with van der Waals surface area (Å²) in [6.07, 6.45) is 2.27. The molecule has 2 aromatic heterocycles. The highest BCUT2D eigenvalue weighted by Gasteiger charge is 2.30. The average molecular weight is 387 g/mol. The zero-order chi connectivity index (χ0) is 17.9. The molecule has 0 saturated heterocycles. The SMILES string of the molecule is COc1ccccc1NC(=O)CSc1nnc(-c2cccs2)n1C1CC1. The zero-order valence-electron chi connectivity index (χ0n) is 14.2. The number of aromatic nitrogens is 3. The quantitative estimate of drug-likeness (QED) is 0.620. The summed E-state index contributed by atoms with van der Waals surface area (Å²) in [7, 11) is 1.59. The molecule has 0 unspecified atom stereocenters. The van der Waals surface area contributed by atoms with E-state index in [4.69, 9.17) is 4.74 Å². The fourth-order valence-electron chi connectivity index (χ4n) is 2.68. The number of para-hydroxylation sites is 2. The van der Waals surface area contributed by atoms with Crippen molar-refractivity contribution in [2.45, 2.75) is 24.0 Å². The van der Waals surface area contributed by atoms with Crippen LogP contribution in [0.3, 0.4) is 0 Å². The number of benzene rings is 1. The van der Waals surface area contributed by atoms with Crippen molar-refractivity contribution in [2.75, 3.05) is 18.2 Å². The summed E-state index contributed by atoms with van der Waals surface area (Å²) >= 11 is 3.07. The van der Waals surface area contributed by atoms with E-state index in [1.807, 2.05) is 35.7 Å². The fraction of sp³-hybridized carbons (Fsp3) is 0.278. The first kappa shape index (κ1) is 17.1. The smallest absolute Gasteiger partial charge is 0.234 e. The van der Waals surface area contributed by atoms with Crippen LogP contribution >= 0.6 is 23.1 Å². The summed E-state index contributed by atoms with van der Waals surface area (Å²) in [5.41, 5.74) is 0.670. The molecule has 1 N–H and O–H groups in total. The summed E-state index contributed by atoms with van der Waals surface area (Å²) in [5, 5.41) is 14.4. The highest BCUT2D eigenvalue weighted by atomic mass is 32.2. The summed E-state index contributed by atoms with van der Waals surface area (Å²) in [5.74, 6) is 1.72. The molecule has 0 spiro atoms. The van der Waals surface area contributed by atoms with E-state index in [2.05, 4.69) is 26.1 Å². The Bertz CT molecular complexity index is 904. The first-order valence-corrected chi connectivity index (χ1v) is 10.2. The third-order valence-corrected chi connectivity index (χ3v) is 5.84. The van der Waals surface area contributed by atoms with Gasteiger partial charge in [0.2, 0.25) is 5.91 Å². The minimum atomic E-state index is -0.0949. The predicted molar refractivity (Wildman–Crippen MR) is 104 cm³/mol. The maximum absolute atomic E-state index is 12.3. The molecule has 1 fully saturated rings. The molecule has 0 bridgehead atoms. The van der Waals surface area contributed by atoms with Gasteiger partial charge in [-0.1, -0.05) is 30.0 Å². The summed E-state index contributed by atoms with van der Waals surface area (Å²) in [6, 6.07) is 11.9. The van der Waals surface area contributed by atoms with E-state index < -0.39 is 0 Å². The van der Waals surface area contributed by atoms with Crippen LogP contribution in [0.1, 0.15) is 18.9 Å². The molecule has 6 nitrogen and oxygen atoms in total. The van der Waals surface area contributed by atoms with Gasteiger partial charge < -0.3 is 10.1 Å². The molecule has 1 amide bonds. The van der Waals surface area contributed by atoms with Crippen molar-refractivity contribution >= 4 is 34.7 Å². The number of carbonyl (C=O) groups excluding carboxylic acids is 1. The van der Waals surface area contributed by atoms with Gasteiger partial charge in [0.15, 0.2) is 11.0 Å². The molecule has 1 aromatic carbocycles. The number of carbonyl (C=O) groups is 1. The van der Waals surface area contributed by atoms with Crippen molar-refractivity contribution < 1.29 is 9.53 Å². The van der Waals surface area contributed by atoms with E-state index >= 15 is 0 Å². The maximum Gasteiger partial charge on any atom is 0.234 e. The molecule has 0 radical (unpaired) electrons. The van der Waals surface area contributed by atoms with Gasteiger partial charge >= 0.3 is 0 Å². The van der Waals surface area contributed by atoms with Gasteiger partial charge in [0.1, 0.15) is 5.75 Å². The molecule has 2 heterocycles. The summed E-state index contributed by atoms with van der Waals surface area (Å²) in [4.78, 5) is 13.4. The average Bonchev–Trinajstić information content (AvgIpc) is 3.18. The topological polar surface area (TPSA) is 69.0 Å². The van der Waals surface area contributed by atoms with Crippen LogP contribution in [-0.4, -0.2) is 33.5 Å². The molecular weight excluding hydrogens is 368 g/mol. The lowest BCUT2D eigenvalue weighted by molar-refractivity contribution is -0.113. The van der Waals surface area contributed by atoms with Crippen LogP contribution in [-0.2, 0) is 4.79 Å². The van der Waals surface area contributed by atoms with Gasteiger partial charge in [0.25, 0.3) is 0 Å². The van der Waals surface area contributed by atoms with Gasteiger partial charge in [-0.3, -0.25) is 9.36 Å². The van der Waals surface area contributed by atoms with E-state index in [-0.39, 0.29) is 11.7 Å². The van der Waals surface area contributed by atoms with Gasteiger partial charge in [-0.05, 0) is 36.4 Å². The second-order valence-electron chi connectivity index (χ2n) is 5.92. The number of rotatable bonds is 7. The lowest BCUT2D eigenvalue weighted by atomic mass is 10.3. The molecule has 0 aliphatic heterocycles. The van der Waals surface area contributed by atoms with Gasteiger partial charge in [-0.25, -0.2) is 0 Å². The van der Waals surface area contributed by atoms with Crippen molar-refractivity contribution in [3.8, 4) is 16.5 Å². The molecule has 3 aromatic rings. The van der Waals surface area contributed by atoms with Crippen molar-refractivity contribution in [3.05, 3.63) is 41.8 Å². The van der Waals surface area contributed by atoms with Crippen LogP contribution in [0.25, 0.3) is 10.7 Å². The van der Waals surface area contributed by atoms with E-state index in [1.165, 1.54) is 11.8 Å². The van der Waals surface area contributed by atoms with Crippen LogP contribution < -0.4 is 10.1 Å². The molecular formula is C18H18N4O2S2. The number of thioether (sulfide) groups is 1. The summed E-state index contributed by atoms with van der Waals surface area (Å²) in [6.45, 7) is 0. The minimum absolute atomic E-state index is 0.0949. The van der Waals surface area contributed by atoms with E-state index in [1.54, 1.807) is 18.4 Å². The molecule has 1 saturated carbocycles. The normalized spacial score (nSPS) is 13.6. The van der Waals surface area contributed by atoms with Crippen molar-refractivity contribution in [1.82, 2.24) is 14.8 Å². The Morgan fingerprint density at radius 3 is 2.88 bits per heavy atom. The van der Waals surface area contributed by atoms with Crippen molar-refractivity contribution in [1.29, 1.82) is 0 Å². The van der Waals surface area contributed by atoms with Crippen LogP contribution in [0.4, 0.5) is 5.69 Å². The Hall–Kier alpha value is -2.32. The Morgan fingerprint density at radius 1 is 1.31 bits per heavy atom. The third kappa shape index (κ3) is 3.61. The van der Waals surface area contributed by atoms with Crippen molar-refractivity contribution in [2.24, 2.45) is 0 Å². The Morgan fingerprint density at radius 2 is 2.15 bits per heavy atom. The molecule has 1 aliphatic rings. The Labute approximate surface area is 159 Å². The highest BCUT2D eigenvalue weighted by Crippen LogP contribution is 2.41. The number of hydrogen-bond acceptors (Lipinski definition) is 6. The van der Waals surface area contributed by atoms with Gasteiger partial charge in [-0.15, -0.1) is 21.5 Å². The van der Waals surface area contributed by atoms with Crippen LogP contribution in [0.5, 0.6) is 5.75 Å². The number of ether oxygens (including phenoxy) is 1. The lowest BCUT2D eigenvalue weighted by Crippen LogP contribution is -2.15. The molecule has 8 heteroatoms. The van der Waals surface area contributed by atoms with Gasteiger partial charge in [0.05, 0.1) is 23.4 Å². The van der Waals surface area contributed by atoms with Crippen LogP contribution in [0, 0.1) is 0 Å². The predicted octanol–water partition coefficient (Wildman–Crippen LogP) is 4.08. The zero-order valence-corrected chi connectivity index (χ0v) is 15.8. The molecule has 0 atom stereocenters. The number of anilines is 1. The second-order valence-corrected chi connectivity index (χ2v) is 7.81. The minimum Gasteiger partial charge on any atom is -0.495 e. The molecule has 1 aliphatic carbocycles. The monoisotopic (exact) mass is 386 g/mol. The van der Waals surface area contributed by atoms with Crippen molar-refractivity contribution in [3.63, 3.8) is 0 Å². The number of methoxy groups -OCH3 is 1. The van der Waals surface area contributed by atoms with E-state index in [0.717, 1.165) is 28.7 Å². The van der Waals surface area contributed by atoms with Gasteiger partial charge in [0, 0.05) is 6.04 Å². The van der Waals surface area contributed by atoms with Crippen LogP contribution in [0.15, 0.2) is 46.9 Å². The van der Waals surface area contributed by atoms with E-state index in [0.29, 0.717) is 17.5 Å². The standard InChI is InChI=1S/C18H18N4O2S2/c1-24-14-6-3-2-5-13(14)19-16(23)11-26-18-21-20-17(15-7-4-10-25-15)22(18)12-8-9-12/h2-7,10,12H,8-9,11H2,1H3,(H,19,23). The second kappa shape index (κ2) is 7.51. The Balaban J connectivity index is 1.46. The number of hydrogen-bond donors (Lipinski definition) is 1. The fourth-order valence-corrected chi connectivity index (χ4v) is 4.19. The molecule has 4 rings (SSSR count). The molecule has 134 valence electrons. The lowest BCUT2D eigenvalue weighted by Gasteiger charge is -2.10. The molecule has 26 heavy (non-hydrogen) atoms. The highest BCUT2D eigenvalue weighted by molar-refractivity contribution is 7.99. The number of nitrogens with one attached hydrogen (secondary N) is 1. The number of amides is 1. The van der Waals surface area contributed by atoms with E-state index in [9.17, 15) is 4.79 Å². The number of thiophene rings is 1. The first-order valence-electron chi connectivity index (χ1n) is 8.30. The Kier molecular flexibility index (Phi) is 4.94.